The number of rotatable bonds is 9. The van der Waals surface area contributed by atoms with Crippen LogP contribution in [0, 0.1) is 5.92 Å². The first-order valence-corrected chi connectivity index (χ1v) is 10.3. The molecule has 2 aromatic rings. The number of hydrogen-bond acceptors (Lipinski definition) is 5. The number of carbonyl (C=O) groups is 2. The van der Waals surface area contributed by atoms with E-state index in [1.54, 1.807) is 39.8 Å². The molecule has 0 fully saturated rings. The Kier molecular flexibility index (Phi) is 8.44. The average Bonchev–Trinajstić information content (AvgIpc) is 3.15. The molecule has 2 heterocycles. The minimum absolute atomic E-state index is 0.00730. The third-order valence-electron chi connectivity index (χ3n) is 4.51. The number of pyridine rings is 1. The van der Waals surface area contributed by atoms with Gasteiger partial charge in [-0.25, -0.2) is 9.48 Å². The normalized spacial score (nSPS) is 13.2. The number of alkyl halides is 2. The van der Waals surface area contributed by atoms with Crippen LogP contribution in [-0.2, 0) is 9.53 Å². The summed E-state index contributed by atoms with van der Waals surface area (Å²) in [4.78, 5) is 28.9. The molecule has 1 unspecified atom stereocenters. The Hall–Kier alpha value is -3.56. The van der Waals surface area contributed by atoms with Crippen molar-refractivity contribution in [3.8, 4) is 11.3 Å². The summed E-state index contributed by atoms with van der Waals surface area (Å²) < 4.78 is 33.1. The van der Waals surface area contributed by atoms with E-state index >= 15 is 0 Å². The predicted molar refractivity (Wildman–Crippen MR) is 122 cm³/mol. The van der Waals surface area contributed by atoms with Gasteiger partial charge in [0.05, 0.1) is 35.2 Å². The van der Waals surface area contributed by atoms with Gasteiger partial charge in [-0.2, -0.15) is 13.9 Å². The molecule has 8 nitrogen and oxygen atoms in total. The molecule has 10 heteroatoms. The van der Waals surface area contributed by atoms with E-state index < -0.39 is 36.1 Å². The number of carbonyl (C=O) groups excluding carboxylic acids is 2. The lowest BCUT2D eigenvalue weighted by atomic mass is 10.0. The number of anilines is 1. The van der Waals surface area contributed by atoms with Crippen molar-refractivity contribution in [2.45, 2.75) is 52.3 Å². The number of amides is 2. The first-order valence-electron chi connectivity index (χ1n) is 10.3. The van der Waals surface area contributed by atoms with Crippen LogP contribution >= 0.6 is 0 Å². The molecular weight excluding hydrogens is 432 g/mol. The van der Waals surface area contributed by atoms with E-state index in [1.807, 2.05) is 0 Å². The summed E-state index contributed by atoms with van der Waals surface area (Å²) in [5, 5.41) is 9.07. The summed E-state index contributed by atoms with van der Waals surface area (Å²) in [6.45, 7) is 11.2. The quantitative estimate of drug-likeness (QED) is 0.498. The van der Waals surface area contributed by atoms with Gasteiger partial charge in [-0.05, 0) is 39.3 Å². The summed E-state index contributed by atoms with van der Waals surface area (Å²) in [7, 11) is 0. The highest BCUT2D eigenvalue weighted by molar-refractivity contribution is 5.96. The van der Waals surface area contributed by atoms with Gasteiger partial charge in [0.25, 0.3) is 0 Å². The maximum atomic E-state index is 13.7. The highest BCUT2D eigenvalue weighted by atomic mass is 19.3. The number of aromatic nitrogens is 3. The van der Waals surface area contributed by atoms with E-state index in [0.717, 1.165) is 6.20 Å². The molecular formula is C23H29F2N5O3. The predicted octanol–water partition coefficient (Wildman–Crippen LogP) is 5.24. The van der Waals surface area contributed by atoms with Gasteiger partial charge in [-0.1, -0.05) is 19.1 Å². The van der Waals surface area contributed by atoms with Crippen molar-refractivity contribution in [3.63, 3.8) is 0 Å². The lowest BCUT2D eigenvalue weighted by molar-refractivity contribution is -0.118. The summed E-state index contributed by atoms with van der Waals surface area (Å²) in [5.74, 6) is -0.943. The van der Waals surface area contributed by atoms with E-state index in [0.29, 0.717) is 22.4 Å². The minimum atomic E-state index is -2.94. The highest BCUT2D eigenvalue weighted by Crippen LogP contribution is 2.33. The Labute approximate surface area is 191 Å². The van der Waals surface area contributed by atoms with Crippen molar-refractivity contribution in [2.24, 2.45) is 5.92 Å². The molecule has 0 bridgehead atoms. The van der Waals surface area contributed by atoms with Gasteiger partial charge in [0.15, 0.2) is 0 Å². The van der Waals surface area contributed by atoms with Gasteiger partial charge in [0.2, 0.25) is 5.91 Å². The molecule has 0 aromatic carbocycles. The standard InChI is InChI=1S/C23H29F2N5O3/c1-7-9-16(29-22(32)33-23(4,5)6)17-12-15(10-11-26-17)19-18(13-27-30(19)21(24)25)28-20(31)14(3)8-2/h7-8,10-14,16,21H,1-2,9H2,3-6H3,(H,28,31)(H,29,32)/t14?,16-/m0/s1. The fourth-order valence-electron chi connectivity index (χ4n) is 2.90. The molecule has 2 rings (SSSR count). The van der Waals surface area contributed by atoms with Crippen molar-refractivity contribution < 1.29 is 23.1 Å². The first-order chi connectivity index (χ1) is 15.5. The molecule has 0 aliphatic rings. The summed E-state index contributed by atoms with van der Waals surface area (Å²) >= 11 is 0. The Bertz CT molecular complexity index is 1010. The number of nitrogens with zero attached hydrogens (tertiary/aromatic N) is 3. The number of alkyl carbamates (subject to hydrolysis) is 1. The second kappa shape index (κ2) is 10.8. The van der Waals surface area contributed by atoms with Crippen molar-refractivity contribution in [1.82, 2.24) is 20.1 Å². The highest BCUT2D eigenvalue weighted by Gasteiger charge is 2.24. The van der Waals surface area contributed by atoms with E-state index in [-0.39, 0.29) is 11.4 Å². The maximum Gasteiger partial charge on any atom is 0.408 e. The summed E-state index contributed by atoms with van der Waals surface area (Å²) in [5.41, 5.74) is 0.160. The van der Waals surface area contributed by atoms with Crippen LogP contribution in [0.15, 0.2) is 49.8 Å². The second-order valence-electron chi connectivity index (χ2n) is 8.34. The molecule has 2 amide bonds. The zero-order valence-electron chi connectivity index (χ0n) is 19.1. The zero-order valence-corrected chi connectivity index (χ0v) is 19.1. The molecule has 0 aliphatic carbocycles. The summed E-state index contributed by atoms with van der Waals surface area (Å²) in [6, 6.07) is 2.46. The van der Waals surface area contributed by atoms with Crippen LogP contribution in [0.3, 0.4) is 0 Å². The number of hydrogen-bond donors (Lipinski definition) is 2. The molecule has 178 valence electrons. The molecule has 0 aliphatic heterocycles. The monoisotopic (exact) mass is 461 g/mol. The zero-order chi connectivity index (χ0) is 24.8. The van der Waals surface area contributed by atoms with Crippen LogP contribution in [0.1, 0.15) is 52.4 Å². The van der Waals surface area contributed by atoms with Crippen LogP contribution in [-0.4, -0.2) is 32.4 Å². The Morgan fingerprint density at radius 2 is 2.00 bits per heavy atom. The average molecular weight is 462 g/mol. The number of ether oxygens (including phenoxy) is 1. The van der Waals surface area contributed by atoms with Crippen molar-refractivity contribution >= 4 is 17.7 Å². The lowest BCUT2D eigenvalue weighted by Crippen LogP contribution is -2.35. The Balaban J connectivity index is 2.45. The molecule has 2 aromatic heterocycles. The van der Waals surface area contributed by atoms with Gasteiger partial charge >= 0.3 is 12.6 Å². The van der Waals surface area contributed by atoms with Crippen molar-refractivity contribution in [3.05, 3.63) is 55.5 Å². The second-order valence-corrected chi connectivity index (χ2v) is 8.34. The molecule has 2 atom stereocenters. The van der Waals surface area contributed by atoms with Crippen LogP contribution < -0.4 is 10.6 Å². The molecule has 0 spiro atoms. The van der Waals surface area contributed by atoms with E-state index in [4.69, 9.17) is 4.74 Å². The van der Waals surface area contributed by atoms with Crippen LogP contribution in [0.25, 0.3) is 11.3 Å². The van der Waals surface area contributed by atoms with Crippen LogP contribution in [0.4, 0.5) is 19.3 Å². The third kappa shape index (κ3) is 6.96. The molecule has 0 saturated carbocycles. The smallest absolute Gasteiger partial charge is 0.408 e. The number of halogens is 2. The molecule has 0 radical (unpaired) electrons. The van der Waals surface area contributed by atoms with E-state index in [2.05, 4.69) is 33.9 Å². The van der Waals surface area contributed by atoms with Crippen molar-refractivity contribution in [2.75, 3.05) is 5.32 Å². The Morgan fingerprint density at radius 3 is 2.58 bits per heavy atom. The van der Waals surface area contributed by atoms with Gasteiger partial charge in [0.1, 0.15) is 5.60 Å². The van der Waals surface area contributed by atoms with E-state index in [9.17, 15) is 18.4 Å². The van der Waals surface area contributed by atoms with Gasteiger partial charge in [0, 0.05) is 11.8 Å². The third-order valence-corrected chi connectivity index (χ3v) is 4.51. The van der Waals surface area contributed by atoms with Crippen LogP contribution in [0.5, 0.6) is 0 Å². The largest absolute Gasteiger partial charge is 0.444 e. The van der Waals surface area contributed by atoms with Gasteiger partial charge < -0.3 is 15.4 Å². The van der Waals surface area contributed by atoms with Crippen LogP contribution in [0.2, 0.25) is 0 Å². The molecule has 0 saturated heterocycles. The fraction of sp³-hybridized carbons (Fsp3) is 0.391. The van der Waals surface area contributed by atoms with E-state index in [1.165, 1.54) is 18.3 Å². The van der Waals surface area contributed by atoms with Gasteiger partial charge in [-0.3, -0.25) is 9.78 Å². The first kappa shape index (κ1) is 25.7. The van der Waals surface area contributed by atoms with Gasteiger partial charge in [-0.15, -0.1) is 13.2 Å². The number of nitrogens with one attached hydrogen (secondary N) is 2. The molecule has 2 N–H and O–H groups in total. The Morgan fingerprint density at radius 1 is 1.30 bits per heavy atom. The fourth-order valence-corrected chi connectivity index (χ4v) is 2.90. The maximum absolute atomic E-state index is 13.7. The lowest BCUT2D eigenvalue weighted by Gasteiger charge is -2.23. The SMILES string of the molecule is C=CC[C@H](NC(=O)OC(C)(C)C)c1cc(-c2c(NC(=O)C(C)C=C)cnn2C(F)F)ccn1. The topological polar surface area (TPSA) is 98.1 Å². The minimum Gasteiger partial charge on any atom is -0.444 e. The summed E-state index contributed by atoms with van der Waals surface area (Å²) in [6.07, 6.45) is 5.31. The molecule has 33 heavy (non-hydrogen) atoms. The van der Waals surface area contributed by atoms with Crippen molar-refractivity contribution in [1.29, 1.82) is 0 Å².